The average Bonchev–Trinajstić information content (AvgIpc) is 2.80. The van der Waals surface area contributed by atoms with Crippen LogP contribution in [0.3, 0.4) is 0 Å². The van der Waals surface area contributed by atoms with Crippen LogP contribution in [0.4, 0.5) is 8.78 Å². The molecule has 0 aliphatic heterocycles. The lowest BCUT2D eigenvalue weighted by Crippen LogP contribution is -2.12. The van der Waals surface area contributed by atoms with Gasteiger partial charge < -0.3 is 5.32 Å². The summed E-state index contributed by atoms with van der Waals surface area (Å²) in [6, 6.07) is 11.5. The monoisotopic (exact) mass is 290 g/mol. The van der Waals surface area contributed by atoms with Crippen molar-refractivity contribution in [1.82, 2.24) is 10.3 Å². The molecule has 0 spiro atoms. The zero-order valence-electron chi connectivity index (χ0n) is 10.6. The van der Waals surface area contributed by atoms with Gasteiger partial charge in [0.2, 0.25) is 0 Å². The van der Waals surface area contributed by atoms with E-state index in [-0.39, 0.29) is 0 Å². The maximum absolute atomic E-state index is 13.0. The summed E-state index contributed by atoms with van der Waals surface area (Å²) in [6.07, 6.45) is 0. The van der Waals surface area contributed by atoms with Crippen molar-refractivity contribution in [3.63, 3.8) is 0 Å². The van der Waals surface area contributed by atoms with E-state index in [9.17, 15) is 8.78 Å². The Kier molecular flexibility index (Phi) is 3.71. The fraction of sp³-hybridized carbons (Fsp3) is 0.133. The van der Waals surface area contributed by atoms with Gasteiger partial charge in [-0.15, -0.1) is 11.3 Å². The van der Waals surface area contributed by atoms with Gasteiger partial charge >= 0.3 is 0 Å². The van der Waals surface area contributed by atoms with E-state index >= 15 is 0 Å². The third-order valence-corrected chi connectivity index (χ3v) is 3.90. The zero-order valence-corrected chi connectivity index (χ0v) is 11.4. The largest absolute Gasteiger partial charge is 0.306 e. The SMILES string of the molecule is Fc1cc(F)cc(CNCc2nc3ccccc3s2)c1. The Morgan fingerprint density at radius 1 is 1.00 bits per heavy atom. The molecule has 0 aliphatic rings. The molecule has 0 unspecified atom stereocenters. The van der Waals surface area contributed by atoms with E-state index in [1.807, 2.05) is 24.3 Å². The normalized spacial score (nSPS) is 11.1. The van der Waals surface area contributed by atoms with Crippen LogP contribution in [0.25, 0.3) is 10.2 Å². The van der Waals surface area contributed by atoms with Crippen LogP contribution in [0.1, 0.15) is 10.6 Å². The molecule has 1 aromatic heterocycles. The molecule has 0 bridgehead atoms. The van der Waals surface area contributed by atoms with E-state index in [1.165, 1.54) is 12.1 Å². The second kappa shape index (κ2) is 5.64. The highest BCUT2D eigenvalue weighted by Gasteiger charge is 2.04. The van der Waals surface area contributed by atoms with Crippen molar-refractivity contribution in [3.05, 3.63) is 64.7 Å². The Hall–Kier alpha value is -1.85. The van der Waals surface area contributed by atoms with Crippen molar-refractivity contribution in [2.45, 2.75) is 13.1 Å². The lowest BCUT2D eigenvalue weighted by atomic mass is 10.2. The van der Waals surface area contributed by atoms with Gasteiger partial charge in [-0.25, -0.2) is 13.8 Å². The average molecular weight is 290 g/mol. The van der Waals surface area contributed by atoms with Crippen LogP contribution in [0, 0.1) is 11.6 Å². The number of para-hydroxylation sites is 1. The number of fused-ring (bicyclic) bond motifs is 1. The van der Waals surface area contributed by atoms with Crippen molar-refractivity contribution in [2.24, 2.45) is 0 Å². The first-order chi connectivity index (χ1) is 9.70. The van der Waals surface area contributed by atoms with Crippen LogP contribution < -0.4 is 5.32 Å². The summed E-state index contributed by atoms with van der Waals surface area (Å²) in [5.74, 6) is -1.11. The van der Waals surface area contributed by atoms with Crippen molar-refractivity contribution in [2.75, 3.05) is 0 Å². The van der Waals surface area contributed by atoms with Gasteiger partial charge in [0.15, 0.2) is 0 Å². The number of benzene rings is 2. The number of hydrogen-bond acceptors (Lipinski definition) is 3. The van der Waals surface area contributed by atoms with E-state index in [0.717, 1.165) is 21.3 Å². The molecule has 3 aromatic rings. The molecular weight excluding hydrogens is 278 g/mol. The summed E-state index contributed by atoms with van der Waals surface area (Å²) >= 11 is 1.62. The van der Waals surface area contributed by atoms with Gasteiger partial charge in [-0.3, -0.25) is 0 Å². The molecule has 0 radical (unpaired) electrons. The second-order valence-corrected chi connectivity index (χ2v) is 5.57. The summed E-state index contributed by atoms with van der Waals surface area (Å²) < 4.78 is 27.2. The molecule has 102 valence electrons. The summed E-state index contributed by atoms with van der Waals surface area (Å²) in [7, 11) is 0. The fourth-order valence-electron chi connectivity index (χ4n) is 2.02. The minimum atomic E-state index is -0.554. The number of thiazole rings is 1. The highest BCUT2D eigenvalue weighted by atomic mass is 32.1. The molecule has 0 fully saturated rings. The lowest BCUT2D eigenvalue weighted by molar-refractivity contribution is 0.575. The van der Waals surface area contributed by atoms with Gasteiger partial charge in [0.1, 0.15) is 16.6 Å². The van der Waals surface area contributed by atoms with Crippen LogP contribution in [-0.4, -0.2) is 4.98 Å². The van der Waals surface area contributed by atoms with E-state index in [0.29, 0.717) is 18.7 Å². The molecule has 1 N–H and O–H groups in total. The van der Waals surface area contributed by atoms with E-state index in [4.69, 9.17) is 0 Å². The van der Waals surface area contributed by atoms with Gasteiger partial charge in [0.05, 0.1) is 10.2 Å². The van der Waals surface area contributed by atoms with Gasteiger partial charge in [0.25, 0.3) is 0 Å². The molecule has 0 saturated carbocycles. The Morgan fingerprint density at radius 2 is 1.75 bits per heavy atom. The highest BCUT2D eigenvalue weighted by molar-refractivity contribution is 7.18. The standard InChI is InChI=1S/C15H12F2N2S/c16-11-5-10(6-12(17)7-11)8-18-9-15-19-13-3-1-2-4-14(13)20-15/h1-7,18H,8-9H2. The van der Waals surface area contributed by atoms with Crippen molar-refractivity contribution < 1.29 is 8.78 Å². The third-order valence-electron chi connectivity index (χ3n) is 2.87. The maximum Gasteiger partial charge on any atom is 0.126 e. The molecule has 0 saturated heterocycles. The first-order valence-corrected chi connectivity index (χ1v) is 7.02. The number of nitrogens with one attached hydrogen (secondary N) is 1. The van der Waals surface area contributed by atoms with Gasteiger partial charge in [-0.2, -0.15) is 0 Å². The number of hydrogen-bond donors (Lipinski definition) is 1. The molecule has 0 aliphatic carbocycles. The smallest absolute Gasteiger partial charge is 0.126 e. The molecule has 1 heterocycles. The molecule has 2 nitrogen and oxygen atoms in total. The van der Waals surface area contributed by atoms with Crippen LogP contribution in [-0.2, 0) is 13.1 Å². The second-order valence-electron chi connectivity index (χ2n) is 4.46. The molecule has 2 aromatic carbocycles. The van der Waals surface area contributed by atoms with E-state index in [2.05, 4.69) is 10.3 Å². The Morgan fingerprint density at radius 3 is 2.50 bits per heavy atom. The van der Waals surface area contributed by atoms with Crippen LogP contribution >= 0.6 is 11.3 Å². The predicted octanol–water partition coefficient (Wildman–Crippen LogP) is 3.86. The Labute approximate surface area is 119 Å². The van der Waals surface area contributed by atoms with Crippen LogP contribution in [0.15, 0.2) is 42.5 Å². The predicted molar refractivity (Wildman–Crippen MR) is 76.5 cm³/mol. The van der Waals surface area contributed by atoms with E-state index in [1.54, 1.807) is 11.3 Å². The Balaban J connectivity index is 1.64. The maximum atomic E-state index is 13.0. The Bertz CT molecular complexity index is 686. The minimum absolute atomic E-state index is 0.407. The van der Waals surface area contributed by atoms with Crippen LogP contribution in [0.5, 0.6) is 0 Å². The third kappa shape index (κ3) is 3.00. The van der Waals surface area contributed by atoms with Gasteiger partial charge in [-0.1, -0.05) is 12.1 Å². The van der Waals surface area contributed by atoms with Crippen molar-refractivity contribution in [1.29, 1.82) is 0 Å². The van der Waals surface area contributed by atoms with Crippen molar-refractivity contribution >= 4 is 21.6 Å². The number of rotatable bonds is 4. The molecule has 20 heavy (non-hydrogen) atoms. The number of halogens is 2. The lowest BCUT2D eigenvalue weighted by Gasteiger charge is -2.03. The van der Waals surface area contributed by atoms with Gasteiger partial charge in [-0.05, 0) is 29.8 Å². The summed E-state index contributed by atoms with van der Waals surface area (Å²) in [4.78, 5) is 4.49. The zero-order chi connectivity index (χ0) is 13.9. The first-order valence-electron chi connectivity index (χ1n) is 6.21. The topological polar surface area (TPSA) is 24.9 Å². The van der Waals surface area contributed by atoms with Crippen LogP contribution in [0.2, 0.25) is 0 Å². The summed E-state index contributed by atoms with van der Waals surface area (Å²) in [5.41, 5.74) is 1.56. The molecule has 5 heteroatoms. The molecule has 0 amide bonds. The summed E-state index contributed by atoms with van der Waals surface area (Å²) in [5, 5.41) is 4.11. The first kappa shape index (κ1) is 13.1. The quantitative estimate of drug-likeness (QED) is 0.789. The molecule has 3 rings (SSSR count). The molecular formula is C15H12F2N2S. The van der Waals surface area contributed by atoms with E-state index < -0.39 is 11.6 Å². The van der Waals surface area contributed by atoms with Crippen molar-refractivity contribution in [3.8, 4) is 0 Å². The summed E-state index contributed by atoms with van der Waals surface area (Å²) in [6.45, 7) is 0.988. The minimum Gasteiger partial charge on any atom is -0.306 e. The van der Waals surface area contributed by atoms with Gasteiger partial charge in [0, 0.05) is 19.2 Å². The fourth-order valence-corrected chi connectivity index (χ4v) is 2.96. The highest BCUT2D eigenvalue weighted by Crippen LogP contribution is 2.21. The number of nitrogens with zero attached hydrogens (tertiary/aromatic N) is 1. The molecule has 0 atom stereocenters. The number of aromatic nitrogens is 1.